The van der Waals surface area contributed by atoms with E-state index < -0.39 is 5.97 Å². The zero-order valence-electron chi connectivity index (χ0n) is 16.0. The van der Waals surface area contributed by atoms with Gasteiger partial charge >= 0.3 is 5.97 Å². The second-order valence-electron chi connectivity index (χ2n) is 6.52. The molecule has 0 aliphatic heterocycles. The van der Waals surface area contributed by atoms with E-state index in [0.717, 1.165) is 24.2 Å². The number of benzene rings is 1. The van der Waals surface area contributed by atoms with Crippen molar-refractivity contribution in [1.82, 2.24) is 9.97 Å². The summed E-state index contributed by atoms with van der Waals surface area (Å²) in [6.07, 6.45) is 7.85. The lowest BCUT2D eigenvalue weighted by molar-refractivity contribution is 0.0686. The first-order chi connectivity index (χ1) is 13.6. The topological polar surface area (TPSA) is 72.3 Å². The van der Waals surface area contributed by atoms with Crippen molar-refractivity contribution in [2.75, 3.05) is 13.4 Å². The molecule has 0 bridgehead atoms. The highest BCUT2D eigenvalue weighted by atomic mass is 32.2. The number of ether oxygens (including phenoxy) is 1. The van der Waals surface area contributed by atoms with E-state index in [9.17, 15) is 9.90 Å². The molecule has 150 valence electrons. The van der Waals surface area contributed by atoms with Crippen LogP contribution in [0.5, 0.6) is 5.75 Å². The number of hydrogen-bond acceptors (Lipinski definition) is 7. The van der Waals surface area contributed by atoms with Crippen LogP contribution in [-0.2, 0) is 5.75 Å². The Bertz CT molecular complexity index is 809. The molecule has 0 unspecified atom stereocenters. The molecule has 3 rings (SSSR count). The van der Waals surface area contributed by atoms with Crippen LogP contribution < -0.4 is 4.74 Å². The summed E-state index contributed by atoms with van der Waals surface area (Å²) in [5.41, 5.74) is 1.33. The van der Waals surface area contributed by atoms with Crippen LogP contribution in [0.15, 0.2) is 39.5 Å². The van der Waals surface area contributed by atoms with Crippen molar-refractivity contribution in [3.8, 4) is 5.75 Å². The third-order valence-electron chi connectivity index (χ3n) is 4.58. The summed E-state index contributed by atoms with van der Waals surface area (Å²) >= 11 is 4.51. The number of carboxylic acid groups (broad SMARTS) is 1. The van der Waals surface area contributed by atoms with Gasteiger partial charge < -0.3 is 9.84 Å². The first-order valence-corrected chi connectivity index (χ1v) is 12.3. The number of aromatic carboxylic acids is 1. The van der Waals surface area contributed by atoms with Crippen LogP contribution in [-0.4, -0.2) is 39.7 Å². The van der Waals surface area contributed by atoms with Crippen LogP contribution in [0, 0.1) is 0 Å². The van der Waals surface area contributed by atoms with E-state index in [1.165, 1.54) is 42.8 Å². The number of thioether (sulfide) groups is 3. The summed E-state index contributed by atoms with van der Waals surface area (Å²) in [5, 5.41) is 12.1. The van der Waals surface area contributed by atoms with Gasteiger partial charge in [-0.05, 0) is 36.8 Å². The highest BCUT2D eigenvalue weighted by Crippen LogP contribution is 2.38. The van der Waals surface area contributed by atoms with Gasteiger partial charge in [0.05, 0.1) is 7.11 Å². The molecular formula is C20H24N2O3S3. The first kappa shape index (κ1) is 21.3. The summed E-state index contributed by atoms with van der Waals surface area (Å²) < 4.78 is 5.19. The smallest absolute Gasteiger partial charge is 0.341 e. The van der Waals surface area contributed by atoms with Crippen molar-refractivity contribution in [2.24, 2.45) is 0 Å². The molecule has 5 nitrogen and oxygen atoms in total. The maximum absolute atomic E-state index is 12.0. The molecule has 1 aliphatic carbocycles. The molecule has 0 spiro atoms. The fraction of sp³-hybridized carbons (Fsp3) is 0.450. The lowest BCUT2D eigenvalue weighted by atomic mass is 10.0. The first-order valence-electron chi connectivity index (χ1n) is 9.22. The highest BCUT2D eigenvalue weighted by molar-refractivity contribution is 8.00. The molecule has 1 saturated carbocycles. The molecule has 1 heterocycles. The largest absolute Gasteiger partial charge is 0.497 e. The molecule has 8 heteroatoms. The molecule has 1 aromatic carbocycles. The highest BCUT2D eigenvalue weighted by Gasteiger charge is 2.25. The van der Waals surface area contributed by atoms with E-state index in [4.69, 9.17) is 4.74 Å². The second kappa shape index (κ2) is 10.4. The zero-order valence-corrected chi connectivity index (χ0v) is 18.5. The van der Waals surface area contributed by atoms with E-state index in [0.29, 0.717) is 26.2 Å². The molecular weight excluding hydrogens is 412 g/mol. The average molecular weight is 437 g/mol. The van der Waals surface area contributed by atoms with Crippen LogP contribution >= 0.6 is 35.3 Å². The van der Waals surface area contributed by atoms with Crippen molar-refractivity contribution in [3.63, 3.8) is 0 Å². The molecule has 28 heavy (non-hydrogen) atoms. The fourth-order valence-electron chi connectivity index (χ4n) is 3.08. The van der Waals surface area contributed by atoms with E-state index in [1.807, 2.05) is 30.5 Å². The van der Waals surface area contributed by atoms with Crippen LogP contribution in [0.3, 0.4) is 0 Å². The Kier molecular flexibility index (Phi) is 7.93. The molecule has 0 radical (unpaired) electrons. The van der Waals surface area contributed by atoms with Gasteiger partial charge in [0.1, 0.15) is 21.4 Å². The molecule has 0 atom stereocenters. The van der Waals surface area contributed by atoms with Crippen molar-refractivity contribution in [3.05, 3.63) is 35.4 Å². The number of carboxylic acids is 1. The number of aromatic nitrogens is 2. The summed E-state index contributed by atoms with van der Waals surface area (Å²) in [4.78, 5) is 21.1. The van der Waals surface area contributed by atoms with E-state index in [1.54, 1.807) is 18.9 Å². The third kappa shape index (κ3) is 5.58. The van der Waals surface area contributed by atoms with E-state index in [2.05, 4.69) is 9.97 Å². The van der Waals surface area contributed by atoms with Gasteiger partial charge in [-0.1, -0.05) is 43.2 Å². The van der Waals surface area contributed by atoms with Crippen molar-refractivity contribution in [1.29, 1.82) is 0 Å². The SMILES string of the molecule is COc1ccc(CSc2nc(SC)nc(SC3CCCCC3)c2C(=O)O)cc1. The maximum atomic E-state index is 12.0. The van der Waals surface area contributed by atoms with Crippen molar-refractivity contribution < 1.29 is 14.6 Å². The van der Waals surface area contributed by atoms with Gasteiger partial charge in [0.2, 0.25) is 0 Å². The minimum absolute atomic E-state index is 0.242. The van der Waals surface area contributed by atoms with Gasteiger partial charge in [-0.15, -0.1) is 23.5 Å². The number of methoxy groups -OCH3 is 1. The molecule has 1 N–H and O–H groups in total. The Balaban J connectivity index is 1.84. The zero-order chi connectivity index (χ0) is 19.9. The predicted octanol–water partition coefficient (Wildman–Crippen LogP) is 5.62. The fourth-order valence-corrected chi connectivity index (χ4v) is 5.93. The number of nitrogens with zero attached hydrogens (tertiary/aromatic N) is 2. The number of hydrogen-bond donors (Lipinski definition) is 1. The average Bonchev–Trinajstić information content (AvgIpc) is 2.72. The van der Waals surface area contributed by atoms with Gasteiger partial charge in [-0.25, -0.2) is 14.8 Å². The second-order valence-corrected chi connectivity index (χ2v) is 9.54. The lowest BCUT2D eigenvalue weighted by Crippen LogP contribution is -2.12. The van der Waals surface area contributed by atoms with Crippen LogP contribution in [0.4, 0.5) is 0 Å². The third-order valence-corrected chi connectivity index (χ3v) is 7.50. The molecule has 1 fully saturated rings. The molecule has 2 aromatic rings. The minimum atomic E-state index is -0.955. The summed E-state index contributed by atoms with van der Waals surface area (Å²) in [7, 11) is 1.64. The van der Waals surface area contributed by atoms with Crippen LogP contribution in [0.1, 0.15) is 48.0 Å². The molecule has 0 saturated heterocycles. The summed E-state index contributed by atoms with van der Waals surface area (Å²) in [6, 6.07) is 7.79. The summed E-state index contributed by atoms with van der Waals surface area (Å²) in [5.74, 6) is 0.490. The number of carbonyl (C=O) groups is 1. The Hall–Kier alpha value is -1.38. The van der Waals surface area contributed by atoms with Crippen molar-refractivity contribution in [2.45, 2.75) is 58.3 Å². The Morgan fingerprint density at radius 1 is 1.14 bits per heavy atom. The maximum Gasteiger partial charge on any atom is 0.341 e. The van der Waals surface area contributed by atoms with E-state index >= 15 is 0 Å². The monoisotopic (exact) mass is 436 g/mol. The summed E-state index contributed by atoms with van der Waals surface area (Å²) in [6.45, 7) is 0. The van der Waals surface area contributed by atoms with Gasteiger partial charge in [0.25, 0.3) is 0 Å². The van der Waals surface area contributed by atoms with E-state index in [-0.39, 0.29) is 5.56 Å². The number of rotatable bonds is 8. The van der Waals surface area contributed by atoms with Crippen molar-refractivity contribution >= 4 is 41.3 Å². The minimum Gasteiger partial charge on any atom is -0.497 e. The quantitative estimate of drug-likeness (QED) is 0.325. The Morgan fingerprint density at radius 3 is 2.43 bits per heavy atom. The van der Waals surface area contributed by atoms with Gasteiger partial charge in [-0.3, -0.25) is 0 Å². The molecule has 1 aromatic heterocycles. The molecule has 0 amide bonds. The molecule has 1 aliphatic rings. The van der Waals surface area contributed by atoms with Gasteiger partial charge in [-0.2, -0.15) is 0 Å². The van der Waals surface area contributed by atoms with Gasteiger partial charge in [0, 0.05) is 11.0 Å². The van der Waals surface area contributed by atoms with Crippen LogP contribution in [0.25, 0.3) is 0 Å². The normalized spacial score (nSPS) is 14.8. The van der Waals surface area contributed by atoms with Gasteiger partial charge in [0.15, 0.2) is 5.16 Å². The Labute approximate surface area is 178 Å². The van der Waals surface area contributed by atoms with Crippen LogP contribution in [0.2, 0.25) is 0 Å². The Morgan fingerprint density at radius 2 is 1.82 bits per heavy atom. The predicted molar refractivity (Wildman–Crippen MR) is 116 cm³/mol. The standard InChI is InChI=1S/C20H24N2O3S3/c1-25-14-10-8-13(9-11-14)12-27-17-16(19(23)24)18(22-20(21-17)26-2)28-15-6-4-3-5-7-15/h8-11,15H,3-7,12H2,1-2H3,(H,23,24). The lowest BCUT2D eigenvalue weighted by Gasteiger charge is -2.21.